The van der Waals surface area contributed by atoms with Crippen LogP contribution >= 0.6 is 0 Å². The second-order valence-corrected chi connectivity index (χ2v) is 6.33. The van der Waals surface area contributed by atoms with Gasteiger partial charge < -0.3 is 15.2 Å². The number of phenols is 1. The highest BCUT2D eigenvalue weighted by molar-refractivity contribution is 5.99. The van der Waals surface area contributed by atoms with E-state index in [1.807, 2.05) is 60.7 Å². The van der Waals surface area contributed by atoms with Crippen molar-refractivity contribution in [1.82, 2.24) is 5.32 Å². The highest BCUT2D eigenvalue weighted by Crippen LogP contribution is 2.16. The minimum Gasteiger partial charge on any atom is -0.507 e. The molecule has 5 heteroatoms. The third-order valence-electron chi connectivity index (χ3n) is 4.25. The van der Waals surface area contributed by atoms with Gasteiger partial charge in [0, 0.05) is 6.42 Å². The van der Waals surface area contributed by atoms with Gasteiger partial charge in [0.1, 0.15) is 18.4 Å². The third kappa shape index (κ3) is 5.20. The molecule has 2 N–H and O–H groups in total. The van der Waals surface area contributed by atoms with Crippen molar-refractivity contribution in [1.29, 1.82) is 0 Å². The fourth-order valence-corrected chi connectivity index (χ4v) is 2.77. The van der Waals surface area contributed by atoms with E-state index < -0.39 is 17.9 Å². The van der Waals surface area contributed by atoms with Crippen LogP contribution in [0.2, 0.25) is 0 Å². The lowest BCUT2D eigenvalue weighted by atomic mass is 10.1. The number of nitrogens with one attached hydrogen (secondary N) is 1. The summed E-state index contributed by atoms with van der Waals surface area (Å²) < 4.78 is 5.41. The maximum absolute atomic E-state index is 12.7. The molecule has 0 aliphatic rings. The maximum Gasteiger partial charge on any atom is 0.329 e. The van der Waals surface area contributed by atoms with E-state index in [4.69, 9.17) is 4.74 Å². The van der Waals surface area contributed by atoms with E-state index in [0.29, 0.717) is 0 Å². The summed E-state index contributed by atoms with van der Waals surface area (Å²) in [4.78, 5) is 25.2. The highest BCUT2D eigenvalue weighted by Gasteiger charge is 2.24. The van der Waals surface area contributed by atoms with Crippen LogP contribution in [0.1, 0.15) is 21.5 Å². The van der Waals surface area contributed by atoms with Crippen LogP contribution in [0, 0.1) is 0 Å². The molecule has 0 radical (unpaired) electrons. The van der Waals surface area contributed by atoms with Crippen molar-refractivity contribution >= 4 is 11.9 Å². The van der Waals surface area contributed by atoms with Crippen LogP contribution in [0.15, 0.2) is 84.9 Å². The Morgan fingerprint density at radius 2 is 1.39 bits per heavy atom. The van der Waals surface area contributed by atoms with E-state index in [9.17, 15) is 14.7 Å². The first kappa shape index (κ1) is 19.2. The number of hydrogen-bond donors (Lipinski definition) is 2. The van der Waals surface area contributed by atoms with Gasteiger partial charge in [-0.2, -0.15) is 0 Å². The Bertz CT molecular complexity index is 926. The van der Waals surface area contributed by atoms with Gasteiger partial charge in [-0.1, -0.05) is 72.8 Å². The van der Waals surface area contributed by atoms with Gasteiger partial charge in [-0.15, -0.1) is 0 Å². The number of benzene rings is 3. The normalized spacial score (nSPS) is 11.4. The molecule has 0 unspecified atom stereocenters. The fourth-order valence-electron chi connectivity index (χ4n) is 2.77. The number of para-hydroxylation sites is 1. The number of phenolic OH excluding ortho intramolecular Hbond substituents is 1. The number of esters is 1. The lowest BCUT2D eigenvalue weighted by molar-refractivity contribution is -0.147. The molecule has 1 atom stereocenters. The Hall–Kier alpha value is -3.60. The number of rotatable bonds is 7. The van der Waals surface area contributed by atoms with E-state index in [1.54, 1.807) is 12.1 Å². The zero-order valence-corrected chi connectivity index (χ0v) is 15.2. The molecule has 3 aromatic carbocycles. The average molecular weight is 375 g/mol. The van der Waals surface area contributed by atoms with Gasteiger partial charge in [-0.05, 0) is 23.3 Å². The van der Waals surface area contributed by atoms with Gasteiger partial charge in [-0.3, -0.25) is 4.79 Å². The van der Waals surface area contributed by atoms with Gasteiger partial charge >= 0.3 is 5.97 Å². The molecule has 0 aliphatic carbocycles. The van der Waals surface area contributed by atoms with E-state index in [0.717, 1.165) is 11.1 Å². The predicted octanol–water partition coefficient (Wildman–Crippen LogP) is 3.48. The van der Waals surface area contributed by atoms with Gasteiger partial charge in [0.25, 0.3) is 5.91 Å². The molecule has 5 nitrogen and oxygen atoms in total. The predicted molar refractivity (Wildman–Crippen MR) is 106 cm³/mol. The Morgan fingerprint density at radius 1 is 0.821 bits per heavy atom. The number of hydrogen-bond acceptors (Lipinski definition) is 4. The zero-order chi connectivity index (χ0) is 19.8. The summed E-state index contributed by atoms with van der Waals surface area (Å²) in [5.41, 5.74) is 1.86. The quantitative estimate of drug-likeness (QED) is 0.620. The van der Waals surface area contributed by atoms with Crippen molar-refractivity contribution in [3.05, 3.63) is 102 Å². The molecular weight excluding hydrogens is 354 g/mol. The third-order valence-corrected chi connectivity index (χ3v) is 4.25. The van der Waals surface area contributed by atoms with Crippen LogP contribution in [-0.4, -0.2) is 23.0 Å². The molecule has 0 spiro atoms. The molecule has 0 heterocycles. The van der Waals surface area contributed by atoms with E-state index in [-0.39, 0.29) is 24.3 Å². The van der Waals surface area contributed by atoms with Gasteiger partial charge in [0.05, 0.1) is 5.56 Å². The van der Waals surface area contributed by atoms with E-state index in [2.05, 4.69) is 5.32 Å². The lowest BCUT2D eigenvalue weighted by Gasteiger charge is -2.18. The average Bonchev–Trinajstić information content (AvgIpc) is 2.73. The summed E-state index contributed by atoms with van der Waals surface area (Å²) in [5.74, 6) is -1.21. The first-order chi connectivity index (χ1) is 13.6. The molecule has 3 rings (SSSR count). The smallest absolute Gasteiger partial charge is 0.329 e. The van der Waals surface area contributed by atoms with Crippen LogP contribution in [0.3, 0.4) is 0 Å². The van der Waals surface area contributed by atoms with Crippen LogP contribution in [0.25, 0.3) is 0 Å². The molecule has 28 heavy (non-hydrogen) atoms. The van der Waals surface area contributed by atoms with E-state index in [1.165, 1.54) is 12.1 Å². The molecule has 0 saturated carbocycles. The highest BCUT2D eigenvalue weighted by atomic mass is 16.5. The van der Waals surface area contributed by atoms with Crippen molar-refractivity contribution in [3.8, 4) is 5.75 Å². The summed E-state index contributed by atoms with van der Waals surface area (Å²) in [6, 6.07) is 24.0. The Labute approximate surface area is 163 Å². The number of carbonyl (C=O) groups excluding carboxylic acids is 2. The summed E-state index contributed by atoms with van der Waals surface area (Å²) in [6.07, 6.45) is 0.286. The Balaban J connectivity index is 1.73. The van der Waals surface area contributed by atoms with Crippen molar-refractivity contribution < 1.29 is 19.4 Å². The lowest BCUT2D eigenvalue weighted by Crippen LogP contribution is -2.43. The summed E-state index contributed by atoms with van der Waals surface area (Å²) >= 11 is 0. The monoisotopic (exact) mass is 375 g/mol. The van der Waals surface area contributed by atoms with Crippen molar-refractivity contribution in [2.75, 3.05) is 0 Å². The van der Waals surface area contributed by atoms with Crippen LogP contribution in [-0.2, 0) is 22.6 Å². The standard InChI is InChI=1S/C23H21NO4/c25-21-14-8-7-13-19(21)22(26)24-20(15-17-9-3-1-4-10-17)23(27)28-16-18-11-5-2-6-12-18/h1-14,20,25H,15-16H2,(H,24,26)/t20-/m0/s1. The first-order valence-corrected chi connectivity index (χ1v) is 8.97. The van der Waals surface area contributed by atoms with Gasteiger partial charge in [0.15, 0.2) is 0 Å². The topological polar surface area (TPSA) is 75.6 Å². The van der Waals surface area contributed by atoms with Crippen molar-refractivity contribution in [3.63, 3.8) is 0 Å². The molecule has 0 fully saturated rings. The van der Waals surface area contributed by atoms with Crippen LogP contribution in [0.5, 0.6) is 5.75 Å². The number of amides is 1. The van der Waals surface area contributed by atoms with Crippen LogP contribution in [0.4, 0.5) is 0 Å². The SMILES string of the molecule is O=C(N[C@@H](Cc1ccccc1)C(=O)OCc1ccccc1)c1ccccc1O. The van der Waals surface area contributed by atoms with Crippen molar-refractivity contribution in [2.45, 2.75) is 19.1 Å². The number of carbonyl (C=O) groups is 2. The first-order valence-electron chi connectivity index (χ1n) is 8.97. The van der Waals surface area contributed by atoms with Crippen LogP contribution < -0.4 is 5.32 Å². The number of aromatic hydroxyl groups is 1. The summed E-state index contributed by atoms with van der Waals surface area (Å²) in [7, 11) is 0. The maximum atomic E-state index is 12.7. The summed E-state index contributed by atoms with van der Waals surface area (Å²) in [5, 5.41) is 12.6. The zero-order valence-electron chi connectivity index (χ0n) is 15.2. The second kappa shape index (κ2) is 9.37. The van der Waals surface area contributed by atoms with Gasteiger partial charge in [-0.25, -0.2) is 4.79 Å². The Morgan fingerprint density at radius 3 is 2.04 bits per heavy atom. The Kier molecular flexibility index (Phi) is 6.41. The minimum atomic E-state index is -0.877. The minimum absolute atomic E-state index is 0.108. The molecule has 0 saturated heterocycles. The molecule has 0 bridgehead atoms. The number of ether oxygens (including phenoxy) is 1. The molecule has 142 valence electrons. The fraction of sp³-hybridized carbons (Fsp3) is 0.130. The molecule has 3 aromatic rings. The van der Waals surface area contributed by atoms with Crippen molar-refractivity contribution in [2.24, 2.45) is 0 Å². The second-order valence-electron chi connectivity index (χ2n) is 6.33. The summed E-state index contributed by atoms with van der Waals surface area (Å²) in [6.45, 7) is 0.122. The molecule has 0 aliphatic heterocycles. The molecule has 0 aromatic heterocycles. The largest absolute Gasteiger partial charge is 0.507 e. The van der Waals surface area contributed by atoms with Gasteiger partial charge in [0.2, 0.25) is 0 Å². The molecular formula is C23H21NO4. The van der Waals surface area contributed by atoms with E-state index >= 15 is 0 Å². The molecule has 1 amide bonds.